The lowest BCUT2D eigenvalue weighted by atomic mass is 10.2. The zero-order chi connectivity index (χ0) is 15.4. The number of nitrogens with one attached hydrogen (secondary N) is 1. The Morgan fingerprint density at radius 3 is 2.62 bits per heavy atom. The van der Waals surface area contributed by atoms with Crippen LogP contribution >= 0.6 is 15.9 Å². The maximum absolute atomic E-state index is 10.9. The largest absolute Gasteiger partial charge is 0.355 e. The third-order valence-corrected chi connectivity index (χ3v) is 3.41. The van der Waals surface area contributed by atoms with E-state index in [1.807, 2.05) is 36.2 Å². The van der Waals surface area contributed by atoms with E-state index in [0.29, 0.717) is 12.4 Å². The molecule has 0 aliphatic heterocycles. The first-order chi connectivity index (χ1) is 9.99. The van der Waals surface area contributed by atoms with Crippen molar-refractivity contribution in [3.8, 4) is 0 Å². The minimum atomic E-state index is -0.473. The molecule has 0 amide bonds. The van der Waals surface area contributed by atoms with Crippen LogP contribution in [0.1, 0.15) is 5.56 Å². The fourth-order valence-electron chi connectivity index (χ4n) is 1.82. The molecule has 1 aromatic heterocycles. The van der Waals surface area contributed by atoms with E-state index in [2.05, 4.69) is 26.3 Å². The minimum Gasteiger partial charge on any atom is -0.355 e. The normalized spacial score (nSPS) is 10.2. The van der Waals surface area contributed by atoms with Crippen molar-refractivity contribution >= 4 is 33.3 Å². The molecule has 0 unspecified atom stereocenters. The molecular weight excluding hydrogens is 338 g/mol. The summed E-state index contributed by atoms with van der Waals surface area (Å²) in [6.45, 7) is 0.575. The van der Waals surface area contributed by atoms with Crippen molar-refractivity contribution < 1.29 is 4.92 Å². The summed E-state index contributed by atoms with van der Waals surface area (Å²) in [6.07, 6.45) is 0. The second-order valence-electron chi connectivity index (χ2n) is 4.45. The van der Waals surface area contributed by atoms with E-state index in [9.17, 15) is 10.1 Å². The number of rotatable bonds is 5. The number of anilines is 2. The highest BCUT2D eigenvalue weighted by molar-refractivity contribution is 9.10. The predicted octanol–water partition coefficient (Wildman–Crippen LogP) is 2.67. The maximum atomic E-state index is 10.9. The number of pyridine rings is 1. The van der Waals surface area contributed by atoms with Gasteiger partial charge in [-0.15, -0.1) is 0 Å². The molecule has 1 heterocycles. The average Bonchev–Trinajstić information content (AvgIpc) is 2.49. The molecule has 0 saturated carbocycles. The van der Waals surface area contributed by atoms with Gasteiger partial charge in [0.1, 0.15) is 11.6 Å². The van der Waals surface area contributed by atoms with Gasteiger partial charge in [0, 0.05) is 18.1 Å². The predicted molar refractivity (Wildman–Crippen MR) is 85.0 cm³/mol. The lowest BCUT2D eigenvalue weighted by Crippen LogP contribution is -2.19. The summed E-state index contributed by atoms with van der Waals surface area (Å²) in [5.41, 5.74) is 3.35. The van der Waals surface area contributed by atoms with Crippen LogP contribution in [-0.4, -0.2) is 17.0 Å². The van der Waals surface area contributed by atoms with Gasteiger partial charge < -0.3 is 10.3 Å². The zero-order valence-corrected chi connectivity index (χ0v) is 12.9. The summed E-state index contributed by atoms with van der Waals surface area (Å²) in [7, 11) is 1.81. The second-order valence-corrected chi connectivity index (χ2v) is 5.37. The molecule has 0 atom stereocenters. The Labute approximate surface area is 130 Å². The first kappa shape index (κ1) is 15.2. The number of nitrogens with two attached hydrogens (primary N) is 1. The molecule has 0 aliphatic rings. The van der Waals surface area contributed by atoms with Gasteiger partial charge in [0.2, 0.25) is 0 Å². The summed E-state index contributed by atoms with van der Waals surface area (Å²) in [5, 5.41) is 10.9. The van der Waals surface area contributed by atoms with Crippen LogP contribution in [0.5, 0.6) is 0 Å². The van der Waals surface area contributed by atoms with Crippen molar-refractivity contribution in [1.29, 1.82) is 0 Å². The molecule has 110 valence electrons. The van der Waals surface area contributed by atoms with E-state index < -0.39 is 4.92 Å². The van der Waals surface area contributed by atoms with Crippen LogP contribution in [0.3, 0.4) is 0 Å². The number of hydrazine groups is 1. The number of nitrogens with zero attached hydrogens (tertiary/aromatic N) is 3. The van der Waals surface area contributed by atoms with Crippen molar-refractivity contribution in [3.63, 3.8) is 0 Å². The molecule has 0 aliphatic carbocycles. The standard InChI is InChI=1S/C13H14BrN5O2/c1-18(8-9-2-4-10(14)5-3-9)13-7-11(19(20)21)6-12(16-13)17-15/h2-7H,8,15H2,1H3,(H,16,17). The monoisotopic (exact) mass is 351 g/mol. The van der Waals surface area contributed by atoms with Gasteiger partial charge in [-0.2, -0.15) is 0 Å². The van der Waals surface area contributed by atoms with Crippen LogP contribution in [-0.2, 0) is 6.54 Å². The van der Waals surface area contributed by atoms with E-state index in [0.717, 1.165) is 10.0 Å². The molecule has 0 fully saturated rings. The zero-order valence-electron chi connectivity index (χ0n) is 11.3. The third-order valence-electron chi connectivity index (χ3n) is 2.88. The number of hydrogen-bond acceptors (Lipinski definition) is 6. The lowest BCUT2D eigenvalue weighted by Gasteiger charge is -2.18. The topological polar surface area (TPSA) is 97.3 Å². The molecule has 2 rings (SSSR count). The Morgan fingerprint density at radius 2 is 2.05 bits per heavy atom. The highest BCUT2D eigenvalue weighted by atomic mass is 79.9. The van der Waals surface area contributed by atoms with Gasteiger partial charge in [-0.25, -0.2) is 10.8 Å². The Bertz CT molecular complexity index is 648. The molecule has 0 spiro atoms. The van der Waals surface area contributed by atoms with Crippen LogP contribution in [0.2, 0.25) is 0 Å². The van der Waals surface area contributed by atoms with Gasteiger partial charge in [-0.3, -0.25) is 10.1 Å². The fraction of sp³-hybridized carbons (Fsp3) is 0.154. The van der Waals surface area contributed by atoms with Crippen molar-refractivity contribution in [3.05, 3.63) is 56.5 Å². The Hall–Kier alpha value is -2.19. The number of aromatic nitrogens is 1. The van der Waals surface area contributed by atoms with Crippen molar-refractivity contribution in [2.24, 2.45) is 5.84 Å². The van der Waals surface area contributed by atoms with Crippen LogP contribution in [0.4, 0.5) is 17.3 Å². The molecular formula is C13H14BrN5O2. The first-order valence-corrected chi connectivity index (χ1v) is 6.87. The van der Waals surface area contributed by atoms with Gasteiger partial charge >= 0.3 is 0 Å². The van der Waals surface area contributed by atoms with Crippen LogP contribution in [0.15, 0.2) is 40.9 Å². The summed E-state index contributed by atoms with van der Waals surface area (Å²) >= 11 is 3.38. The Morgan fingerprint density at radius 1 is 1.38 bits per heavy atom. The smallest absolute Gasteiger partial charge is 0.276 e. The van der Waals surface area contributed by atoms with Crippen molar-refractivity contribution in [2.45, 2.75) is 6.54 Å². The Balaban J connectivity index is 2.25. The van der Waals surface area contributed by atoms with E-state index >= 15 is 0 Å². The molecule has 3 N–H and O–H groups in total. The molecule has 1 aromatic carbocycles. The highest BCUT2D eigenvalue weighted by Gasteiger charge is 2.13. The van der Waals surface area contributed by atoms with Crippen molar-refractivity contribution in [2.75, 3.05) is 17.4 Å². The summed E-state index contributed by atoms with van der Waals surface area (Å²) in [4.78, 5) is 16.5. The van der Waals surface area contributed by atoms with Gasteiger partial charge in [0.15, 0.2) is 0 Å². The lowest BCUT2D eigenvalue weighted by molar-refractivity contribution is -0.384. The molecule has 8 heteroatoms. The molecule has 0 saturated heterocycles. The fourth-order valence-corrected chi connectivity index (χ4v) is 2.09. The van der Waals surface area contributed by atoms with E-state index in [-0.39, 0.29) is 11.5 Å². The van der Waals surface area contributed by atoms with Crippen LogP contribution in [0, 0.1) is 10.1 Å². The Kier molecular flexibility index (Phi) is 4.71. The van der Waals surface area contributed by atoms with Gasteiger partial charge in [0.25, 0.3) is 5.69 Å². The molecule has 0 bridgehead atoms. The molecule has 7 nitrogen and oxygen atoms in total. The van der Waals surface area contributed by atoms with Crippen LogP contribution < -0.4 is 16.2 Å². The van der Waals surface area contributed by atoms with Gasteiger partial charge in [0.05, 0.1) is 17.1 Å². The minimum absolute atomic E-state index is 0.0596. The SMILES string of the molecule is CN(Cc1ccc(Br)cc1)c1cc([N+](=O)[O-])cc(NN)n1. The number of nitrogen functional groups attached to an aromatic ring is 1. The highest BCUT2D eigenvalue weighted by Crippen LogP contribution is 2.23. The number of halogens is 1. The van der Waals surface area contributed by atoms with Gasteiger partial charge in [-0.05, 0) is 17.7 Å². The first-order valence-electron chi connectivity index (χ1n) is 6.08. The van der Waals surface area contributed by atoms with E-state index in [4.69, 9.17) is 5.84 Å². The van der Waals surface area contributed by atoms with Crippen molar-refractivity contribution in [1.82, 2.24) is 4.98 Å². The van der Waals surface area contributed by atoms with E-state index in [1.54, 1.807) is 0 Å². The molecule has 0 radical (unpaired) electrons. The van der Waals surface area contributed by atoms with E-state index in [1.165, 1.54) is 12.1 Å². The average molecular weight is 352 g/mol. The summed E-state index contributed by atoms with van der Waals surface area (Å²) < 4.78 is 0.997. The van der Waals surface area contributed by atoms with Crippen LogP contribution in [0.25, 0.3) is 0 Å². The molecule has 2 aromatic rings. The number of hydrogen-bond donors (Lipinski definition) is 2. The quantitative estimate of drug-likeness (QED) is 0.488. The van der Waals surface area contributed by atoms with Gasteiger partial charge in [-0.1, -0.05) is 28.1 Å². The second kappa shape index (κ2) is 6.51. The third kappa shape index (κ3) is 3.89. The molecule has 21 heavy (non-hydrogen) atoms. The summed E-state index contributed by atoms with van der Waals surface area (Å²) in [6, 6.07) is 10.5. The maximum Gasteiger partial charge on any atom is 0.276 e. The number of benzene rings is 1. The summed E-state index contributed by atoms with van der Waals surface area (Å²) in [5.74, 6) is 6.02. The number of nitro groups is 1.